The van der Waals surface area contributed by atoms with Gasteiger partial charge in [0.05, 0.1) is 16.1 Å². The average Bonchev–Trinajstić information content (AvgIpc) is 2.79. The second-order valence-electron chi connectivity index (χ2n) is 4.55. The Morgan fingerprint density at radius 1 is 1.39 bits per heavy atom. The van der Waals surface area contributed by atoms with Crippen molar-refractivity contribution in [2.75, 3.05) is 0 Å². The highest BCUT2D eigenvalue weighted by molar-refractivity contribution is 7.80. The van der Waals surface area contributed by atoms with Crippen LogP contribution in [0.3, 0.4) is 0 Å². The Labute approximate surface area is 110 Å². The number of thiocarbonyl (C=S) groups is 1. The predicted octanol–water partition coefficient (Wildman–Crippen LogP) is 0.704. The largest absolute Gasteiger partial charge is 0.391 e. The van der Waals surface area contributed by atoms with Crippen LogP contribution in [0.5, 0.6) is 0 Å². The minimum atomic E-state index is -0.567. The Hall–Kier alpha value is -1.69. The molecule has 0 aliphatic heterocycles. The second-order valence-corrected chi connectivity index (χ2v) is 4.99. The van der Waals surface area contributed by atoms with Crippen LogP contribution in [0.2, 0.25) is 0 Å². The first-order valence-electron chi connectivity index (χ1n) is 5.85. The highest BCUT2D eigenvalue weighted by Gasteiger charge is 2.38. The van der Waals surface area contributed by atoms with E-state index in [9.17, 15) is 9.59 Å². The fourth-order valence-electron chi connectivity index (χ4n) is 2.25. The molecule has 1 saturated carbocycles. The van der Waals surface area contributed by atoms with Crippen molar-refractivity contribution >= 4 is 23.1 Å². The molecule has 18 heavy (non-hydrogen) atoms. The van der Waals surface area contributed by atoms with E-state index in [0.29, 0.717) is 10.6 Å². The quantitative estimate of drug-likeness (QED) is 0.702. The zero-order valence-corrected chi connectivity index (χ0v) is 10.7. The second kappa shape index (κ2) is 4.89. The van der Waals surface area contributed by atoms with Gasteiger partial charge >= 0.3 is 0 Å². The van der Waals surface area contributed by atoms with Crippen molar-refractivity contribution in [3.05, 3.63) is 34.2 Å². The number of carbonyl (C=O) groups is 1. The lowest BCUT2D eigenvalue weighted by atomic mass is 9.97. The monoisotopic (exact) mass is 265 g/mol. The molecule has 1 aromatic heterocycles. The summed E-state index contributed by atoms with van der Waals surface area (Å²) in [6.07, 6.45) is 4.95. The molecule has 0 radical (unpaired) electrons. The topological polar surface area (TPSA) is 88.0 Å². The molecular formula is C12H15N3O2S. The average molecular weight is 265 g/mol. The summed E-state index contributed by atoms with van der Waals surface area (Å²) >= 11 is 5.06. The summed E-state index contributed by atoms with van der Waals surface area (Å²) in [5, 5.41) is 2.90. The van der Waals surface area contributed by atoms with Gasteiger partial charge in [0.15, 0.2) is 0 Å². The van der Waals surface area contributed by atoms with Gasteiger partial charge in [-0.05, 0) is 18.9 Å². The maximum atomic E-state index is 12.1. The van der Waals surface area contributed by atoms with Gasteiger partial charge in [-0.15, -0.1) is 0 Å². The molecule has 5 nitrogen and oxygen atoms in total. The number of hydrogen-bond acceptors (Lipinski definition) is 3. The number of nitrogens with one attached hydrogen (secondary N) is 2. The number of aromatic amines is 1. The highest BCUT2D eigenvalue weighted by Crippen LogP contribution is 2.30. The molecule has 0 bridgehead atoms. The number of rotatable bonds is 3. The van der Waals surface area contributed by atoms with Crippen LogP contribution in [0, 0.1) is 0 Å². The Kier molecular flexibility index (Phi) is 3.47. The van der Waals surface area contributed by atoms with Crippen LogP contribution in [0.1, 0.15) is 36.0 Å². The molecule has 1 aliphatic rings. The Morgan fingerprint density at radius 2 is 2.06 bits per heavy atom. The van der Waals surface area contributed by atoms with Gasteiger partial charge in [-0.25, -0.2) is 0 Å². The van der Waals surface area contributed by atoms with Crippen LogP contribution in [-0.2, 0) is 0 Å². The Bertz CT molecular complexity index is 512. The van der Waals surface area contributed by atoms with Crippen LogP contribution >= 0.6 is 12.2 Å². The summed E-state index contributed by atoms with van der Waals surface area (Å²) < 4.78 is 0. The highest BCUT2D eigenvalue weighted by atomic mass is 32.1. The third-order valence-electron chi connectivity index (χ3n) is 3.33. The number of carbonyl (C=O) groups excluding carboxylic acids is 1. The van der Waals surface area contributed by atoms with E-state index >= 15 is 0 Å². The molecule has 1 fully saturated rings. The first kappa shape index (κ1) is 12.8. The van der Waals surface area contributed by atoms with E-state index in [1.807, 2.05) is 0 Å². The van der Waals surface area contributed by atoms with Crippen molar-refractivity contribution in [3.63, 3.8) is 0 Å². The van der Waals surface area contributed by atoms with Gasteiger partial charge in [-0.2, -0.15) is 0 Å². The summed E-state index contributed by atoms with van der Waals surface area (Å²) in [4.78, 5) is 25.8. The molecule has 0 unspecified atom stereocenters. The predicted molar refractivity (Wildman–Crippen MR) is 72.5 cm³/mol. The molecule has 0 aromatic carbocycles. The van der Waals surface area contributed by atoms with Gasteiger partial charge in [-0.1, -0.05) is 25.1 Å². The third-order valence-corrected chi connectivity index (χ3v) is 3.72. The van der Waals surface area contributed by atoms with E-state index in [-0.39, 0.29) is 11.5 Å². The van der Waals surface area contributed by atoms with Gasteiger partial charge in [0.25, 0.3) is 5.91 Å². The first-order valence-corrected chi connectivity index (χ1v) is 6.25. The minimum Gasteiger partial charge on any atom is -0.391 e. The van der Waals surface area contributed by atoms with Gasteiger partial charge < -0.3 is 16.0 Å². The van der Waals surface area contributed by atoms with Gasteiger partial charge in [0.2, 0.25) is 5.56 Å². The SMILES string of the molecule is NC(=S)C1(NC(=O)c2ccc(=O)[nH]c2)CCCC1. The molecule has 0 spiro atoms. The van der Waals surface area contributed by atoms with Crippen molar-refractivity contribution in [1.29, 1.82) is 0 Å². The zero-order valence-electron chi connectivity index (χ0n) is 9.86. The van der Waals surface area contributed by atoms with Gasteiger partial charge in [-0.3, -0.25) is 9.59 Å². The number of nitrogens with two attached hydrogens (primary N) is 1. The van der Waals surface area contributed by atoms with E-state index in [1.165, 1.54) is 18.3 Å². The lowest BCUT2D eigenvalue weighted by Gasteiger charge is -2.29. The van der Waals surface area contributed by atoms with Crippen LogP contribution < -0.4 is 16.6 Å². The first-order chi connectivity index (χ1) is 8.53. The van der Waals surface area contributed by atoms with Crippen molar-refractivity contribution in [3.8, 4) is 0 Å². The van der Waals surface area contributed by atoms with Crippen molar-refractivity contribution in [2.45, 2.75) is 31.2 Å². The molecule has 1 amide bonds. The molecular weight excluding hydrogens is 250 g/mol. The summed E-state index contributed by atoms with van der Waals surface area (Å²) in [5.41, 5.74) is 5.34. The van der Waals surface area contributed by atoms with Crippen molar-refractivity contribution < 1.29 is 4.79 Å². The fourth-order valence-corrected chi connectivity index (χ4v) is 2.51. The normalized spacial score (nSPS) is 17.3. The Morgan fingerprint density at radius 3 is 2.56 bits per heavy atom. The van der Waals surface area contributed by atoms with Crippen molar-refractivity contribution in [2.24, 2.45) is 5.73 Å². The summed E-state index contributed by atoms with van der Waals surface area (Å²) in [6.45, 7) is 0. The van der Waals surface area contributed by atoms with Gasteiger partial charge in [0.1, 0.15) is 0 Å². The van der Waals surface area contributed by atoms with Crippen LogP contribution in [0.25, 0.3) is 0 Å². The third kappa shape index (κ3) is 2.43. The summed E-state index contributed by atoms with van der Waals surface area (Å²) in [7, 11) is 0. The van der Waals surface area contributed by atoms with E-state index < -0.39 is 5.54 Å². The fraction of sp³-hybridized carbons (Fsp3) is 0.417. The molecule has 96 valence electrons. The molecule has 0 atom stereocenters. The number of pyridine rings is 1. The molecule has 1 aliphatic carbocycles. The van der Waals surface area contributed by atoms with Crippen LogP contribution in [-0.4, -0.2) is 21.4 Å². The number of H-pyrrole nitrogens is 1. The van der Waals surface area contributed by atoms with E-state index in [0.717, 1.165) is 25.7 Å². The molecule has 0 saturated heterocycles. The lowest BCUT2D eigenvalue weighted by Crippen LogP contribution is -2.54. The molecule has 2 rings (SSSR count). The van der Waals surface area contributed by atoms with Gasteiger partial charge in [0, 0.05) is 12.3 Å². The Balaban J connectivity index is 2.17. The lowest BCUT2D eigenvalue weighted by molar-refractivity contribution is 0.0924. The van der Waals surface area contributed by atoms with Crippen LogP contribution in [0.4, 0.5) is 0 Å². The molecule has 4 N–H and O–H groups in total. The van der Waals surface area contributed by atoms with E-state index in [1.54, 1.807) is 0 Å². The van der Waals surface area contributed by atoms with Crippen LogP contribution in [0.15, 0.2) is 23.1 Å². The molecule has 1 heterocycles. The van der Waals surface area contributed by atoms with E-state index in [2.05, 4.69) is 10.3 Å². The smallest absolute Gasteiger partial charge is 0.253 e. The maximum absolute atomic E-state index is 12.1. The summed E-state index contributed by atoms with van der Waals surface area (Å²) in [5.74, 6) is -0.263. The molecule has 6 heteroatoms. The minimum absolute atomic E-state index is 0.239. The van der Waals surface area contributed by atoms with E-state index in [4.69, 9.17) is 18.0 Å². The molecule has 1 aromatic rings. The number of hydrogen-bond donors (Lipinski definition) is 3. The standard InChI is InChI=1S/C12H15N3O2S/c13-11(18)12(5-1-2-6-12)15-10(17)8-3-4-9(16)14-7-8/h3-4,7H,1-2,5-6H2,(H2,13,18)(H,14,16)(H,15,17). The summed E-state index contributed by atoms with van der Waals surface area (Å²) in [6, 6.07) is 2.80. The maximum Gasteiger partial charge on any atom is 0.253 e. The zero-order chi connectivity index (χ0) is 13.2. The number of aromatic nitrogens is 1. The van der Waals surface area contributed by atoms with Crippen molar-refractivity contribution in [1.82, 2.24) is 10.3 Å². The number of amides is 1.